The molecular formula is C10H10O5S. The number of benzene rings is 1. The molecule has 0 bridgehead atoms. The van der Waals surface area contributed by atoms with Crippen molar-refractivity contribution in [2.75, 3.05) is 6.26 Å². The molecule has 1 heterocycles. The smallest absolute Gasteiger partial charge is 0.261 e. The number of hydrogen-bond donors (Lipinski definition) is 1. The van der Waals surface area contributed by atoms with E-state index in [1.807, 2.05) is 12.1 Å². The van der Waals surface area contributed by atoms with Gasteiger partial charge in [0.15, 0.2) is 5.43 Å². The Hall–Kier alpha value is -1.66. The minimum Gasteiger partial charge on any atom is -0.464 e. The van der Waals surface area contributed by atoms with E-state index in [2.05, 4.69) is 0 Å². The van der Waals surface area contributed by atoms with Crippen LogP contribution in [0.5, 0.6) is 0 Å². The maximum atomic E-state index is 11.1. The van der Waals surface area contributed by atoms with Crippen molar-refractivity contribution in [1.29, 1.82) is 0 Å². The van der Waals surface area contributed by atoms with Crippen LogP contribution < -0.4 is 5.43 Å². The average Bonchev–Trinajstić information content (AvgIpc) is 2.16. The molecule has 0 spiro atoms. The van der Waals surface area contributed by atoms with Crippen LogP contribution in [0.2, 0.25) is 0 Å². The Morgan fingerprint density at radius 2 is 1.75 bits per heavy atom. The lowest BCUT2D eigenvalue weighted by molar-refractivity contribution is 0.490. The van der Waals surface area contributed by atoms with Gasteiger partial charge >= 0.3 is 0 Å². The Kier molecular flexibility index (Phi) is 3.81. The largest absolute Gasteiger partial charge is 0.464 e. The summed E-state index contributed by atoms with van der Waals surface area (Å²) in [6.07, 6.45) is 2.12. The molecule has 2 rings (SSSR count). The molecule has 0 atom stereocenters. The molecule has 16 heavy (non-hydrogen) atoms. The first kappa shape index (κ1) is 12.4. The monoisotopic (exact) mass is 242 g/mol. The van der Waals surface area contributed by atoms with Gasteiger partial charge in [0.2, 0.25) is 0 Å². The normalized spacial score (nSPS) is 10.6. The molecule has 0 aliphatic carbocycles. The summed E-state index contributed by atoms with van der Waals surface area (Å²) in [5, 5.41) is 0.634. The molecule has 0 unspecified atom stereocenters. The van der Waals surface area contributed by atoms with E-state index < -0.39 is 10.1 Å². The van der Waals surface area contributed by atoms with E-state index in [1.165, 1.54) is 12.3 Å². The molecule has 0 fully saturated rings. The molecule has 2 aromatic rings. The highest BCUT2D eigenvalue weighted by Gasteiger charge is 1.95. The Balaban J connectivity index is 0.000000221. The van der Waals surface area contributed by atoms with E-state index in [1.54, 1.807) is 12.1 Å². The summed E-state index contributed by atoms with van der Waals surface area (Å²) < 4.78 is 31.0. The zero-order valence-electron chi connectivity index (χ0n) is 8.45. The van der Waals surface area contributed by atoms with Gasteiger partial charge in [-0.1, -0.05) is 12.1 Å². The van der Waals surface area contributed by atoms with Gasteiger partial charge in [0.05, 0.1) is 17.9 Å². The van der Waals surface area contributed by atoms with Gasteiger partial charge in [-0.3, -0.25) is 9.35 Å². The summed E-state index contributed by atoms with van der Waals surface area (Å²) in [4.78, 5) is 11.1. The van der Waals surface area contributed by atoms with Gasteiger partial charge in [-0.05, 0) is 12.1 Å². The SMILES string of the molecule is CS(=O)(=O)O.O=c1ccoc2ccccc12. The van der Waals surface area contributed by atoms with Crippen molar-refractivity contribution >= 4 is 21.1 Å². The minimum absolute atomic E-state index is 0.00634. The predicted molar refractivity (Wildman–Crippen MR) is 60.0 cm³/mol. The first-order valence-electron chi connectivity index (χ1n) is 4.27. The predicted octanol–water partition coefficient (Wildman–Crippen LogP) is 1.30. The highest BCUT2D eigenvalue weighted by molar-refractivity contribution is 7.85. The maximum Gasteiger partial charge on any atom is 0.261 e. The summed E-state index contributed by atoms with van der Waals surface area (Å²) in [6, 6.07) is 8.60. The van der Waals surface area contributed by atoms with Gasteiger partial charge in [0.1, 0.15) is 5.58 Å². The van der Waals surface area contributed by atoms with Crippen molar-refractivity contribution in [3.63, 3.8) is 0 Å². The molecular weight excluding hydrogens is 232 g/mol. The fraction of sp³-hybridized carbons (Fsp3) is 0.100. The molecule has 6 heteroatoms. The van der Waals surface area contributed by atoms with E-state index in [0.29, 0.717) is 17.2 Å². The molecule has 0 radical (unpaired) electrons. The Morgan fingerprint density at radius 1 is 1.19 bits per heavy atom. The summed E-state index contributed by atoms with van der Waals surface area (Å²) in [6.45, 7) is 0. The molecule has 0 amide bonds. The second-order valence-corrected chi connectivity index (χ2v) is 4.48. The van der Waals surface area contributed by atoms with Crippen LogP contribution in [0, 0.1) is 0 Å². The topological polar surface area (TPSA) is 84.6 Å². The Morgan fingerprint density at radius 3 is 2.31 bits per heavy atom. The summed E-state index contributed by atoms with van der Waals surface area (Å²) in [7, 11) is -3.67. The van der Waals surface area contributed by atoms with Crippen LogP contribution >= 0.6 is 0 Å². The van der Waals surface area contributed by atoms with E-state index in [4.69, 9.17) is 8.97 Å². The van der Waals surface area contributed by atoms with E-state index in [9.17, 15) is 13.2 Å². The highest BCUT2D eigenvalue weighted by atomic mass is 32.2. The van der Waals surface area contributed by atoms with Crippen LogP contribution in [0.4, 0.5) is 0 Å². The fourth-order valence-corrected chi connectivity index (χ4v) is 1.03. The average molecular weight is 242 g/mol. The van der Waals surface area contributed by atoms with Crippen LogP contribution in [0.3, 0.4) is 0 Å². The minimum atomic E-state index is -3.67. The number of fused-ring (bicyclic) bond motifs is 1. The summed E-state index contributed by atoms with van der Waals surface area (Å²) >= 11 is 0. The molecule has 1 N–H and O–H groups in total. The quantitative estimate of drug-likeness (QED) is 0.704. The zero-order chi connectivity index (χ0) is 12.2. The van der Waals surface area contributed by atoms with E-state index >= 15 is 0 Å². The lowest BCUT2D eigenvalue weighted by Crippen LogP contribution is -1.96. The second kappa shape index (κ2) is 4.91. The van der Waals surface area contributed by atoms with Crippen molar-refractivity contribution in [3.8, 4) is 0 Å². The van der Waals surface area contributed by atoms with Crippen LogP contribution in [-0.2, 0) is 10.1 Å². The first-order valence-corrected chi connectivity index (χ1v) is 6.12. The Bertz CT molecular complexity index is 613. The Labute approximate surface area is 92.1 Å². The summed E-state index contributed by atoms with van der Waals surface area (Å²) in [5.74, 6) is 0. The van der Waals surface area contributed by atoms with Crippen molar-refractivity contribution in [1.82, 2.24) is 0 Å². The summed E-state index contributed by atoms with van der Waals surface area (Å²) in [5.41, 5.74) is 0.645. The number of para-hydroxylation sites is 1. The van der Waals surface area contributed by atoms with E-state index in [-0.39, 0.29) is 5.43 Å². The molecule has 0 saturated carbocycles. The van der Waals surface area contributed by atoms with Crippen LogP contribution in [0.1, 0.15) is 0 Å². The lowest BCUT2D eigenvalue weighted by Gasteiger charge is -1.91. The fourth-order valence-electron chi connectivity index (χ4n) is 1.03. The molecule has 1 aromatic carbocycles. The van der Waals surface area contributed by atoms with Crippen LogP contribution in [0.15, 0.2) is 45.8 Å². The second-order valence-electron chi connectivity index (χ2n) is 3.01. The van der Waals surface area contributed by atoms with Crippen LogP contribution in [-0.4, -0.2) is 19.2 Å². The van der Waals surface area contributed by atoms with Crippen molar-refractivity contribution in [3.05, 3.63) is 46.8 Å². The number of hydrogen-bond acceptors (Lipinski definition) is 4. The third-order valence-electron chi connectivity index (χ3n) is 1.57. The lowest BCUT2D eigenvalue weighted by atomic mass is 10.2. The molecule has 0 aliphatic heterocycles. The molecule has 5 nitrogen and oxygen atoms in total. The van der Waals surface area contributed by atoms with Crippen molar-refractivity contribution < 1.29 is 17.4 Å². The molecule has 0 aliphatic rings. The van der Waals surface area contributed by atoms with Gasteiger partial charge in [0.25, 0.3) is 10.1 Å². The highest BCUT2D eigenvalue weighted by Crippen LogP contribution is 2.06. The molecule has 1 aromatic heterocycles. The third kappa shape index (κ3) is 4.24. The maximum absolute atomic E-state index is 11.1. The third-order valence-corrected chi connectivity index (χ3v) is 1.57. The molecule has 86 valence electrons. The van der Waals surface area contributed by atoms with E-state index in [0.717, 1.165) is 0 Å². The van der Waals surface area contributed by atoms with Crippen molar-refractivity contribution in [2.24, 2.45) is 0 Å². The van der Waals surface area contributed by atoms with Gasteiger partial charge < -0.3 is 4.42 Å². The van der Waals surface area contributed by atoms with Crippen molar-refractivity contribution in [2.45, 2.75) is 0 Å². The van der Waals surface area contributed by atoms with Gasteiger partial charge in [-0.15, -0.1) is 0 Å². The zero-order valence-corrected chi connectivity index (χ0v) is 9.27. The first-order chi connectivity index (χ1) is 7.38. The van der Waals surface area contributed by atoms with Gasteiger partial charge in [0, 0.05) is 6.07 Å². The van der Waals surface area contributed by atoms with Gasteiger partial charge in [-0.25, -0.2) is 0 Å². The number of rotatable bonds is 0. The molecule has 0 saturated heterocycles. The standard InChI is InChI=1S/C9H6O2.CH4O3S/c10-8-5-6-11-9-4-2-1-3-7(8)9;1-5(2,3)4/h1-6H;1H3,(H,2,3,4). The van der Waals surface area contributed by atoms with Crippen LogP contribution in [0.25, 0.3) is 11.0 Å². The van der Waals surface area contributed by atoms with Gasteiger partial charge in [-0.2, -0.15) is 8.42 Å².